The van der Waals surface area contributed by atoms with Crippen LogP contribution in [-0.2, 0) is 11.2 Å². The molecule has 0 spiro atoms. The molecule has 0 amide bonds. The van der Waals surface area contributed by atoms with Crippen LogP contribution < -0.4 is 4.74 Å². The molecule has 0 saturated carbocycles. The van der Waals surface area contributed by atoms with Crippen molar-refractivity contribution in [3.05, 3.63) is 99.6 Å². The molecule has 0 saturated heterocycles. The summed E-state index contributed by atoms with van der Waals surface area (Å²) in [6.07, 6.45) is 1.22. The summed E-state index contributed by atoms with van der Waals surface area (Å²) in [5.41, 5.74) is 2.95. The number of halogens is 1. The van der Waals surface area contributed by atoms with Crippen LogP contribution in [0.25, 0.3) is 0 Å². The lowest BCUT2D eigenvalue weighted by Gasteiger charge is -2.11. The standard InChI is InChI=1S/C25H21ClO5/c1-16-17(6-4-9-20(16)24(28)18-12-14-19(26)15-13-18)7-5-11-23(27)31-22-10-3-2-8-21(22)25(29)30/h2-4,6,8-10,12-15H,5,7,11H2,1H3,(H,29,30). The Labute approximate surface area is 185 Å². The molecule has 0 atom stereocenters. The van der Waals surface area contributed by atoms with Gasteiger partial charge in [-0.15, -0.1) is 0 Å². The van der Waals surface area contributed by atoms with Gasteiger partial charge in [0.2, 0.25) is 0 Å². The van der Waals surface area contributed by atoms with Crippen molar-refractivity contribution in [2.75, 3.05) is 0 Å². The summed E-state index contributed by atoms with van der Waals surface area (Å²) in [5.74, 6) is -1.70. The summed E-state index contributed by atoms with van der Waals surface area (Å²) < 4.78 is 5.22. The van der Waals surface area contributed by atoms with Gasteiger partial charge in [-0.2, -0.15) is 0 Å². The van der Waals surface area contributed by atoms with Crippen molar-refractivity contribution in [1.29, 1.82) is 0 Å². The minimum atomic E-state index is -1.15. The van der Waals surface area contributed by atoms with Crippen molar-refractivity contribution < 1.29 is 24.2 Å². The van der Waals surface area contributed by atoms with Crippen LogP contribution in [0.2, 0.25) is 5.02 Å². The third kappa shape index (κ3) is 5.58. The molecule has 31 heavy (non-hydrogen) atoms. The van der Waals surface area contributed by atoms with Gasteiger partial charge in [0.25, 0.3) is 0 Å². The summed E-state index contributed by atoms with van der Waals surface area (Å²) in [4.78, 5) is 36.2. The maximum atomic E-state index is 12.8. The van der Waals surface area contributed by atoms with Crippen LogP contribution >= 0.6 is 11.6 Å². The first-order chi connectivity index (χ1) is 14.9. The number of para-hydroxylation sites is 1. The van der Waals surface area contributed by atoms with Crippen LogP contribution in [0.4, 0.5) is 0 Å². The number of aromatic carboxylic acids is 1. The fourth-order valence-corrected chi connectivity index (χ4v) is 3.41. The van der Waals surface area contributed by atoms with E-state index in [2.05, 4.69) is 0 Å². The normalized spacial score (nSPS) is 10.5. The SMILES string of the molecule is Cc1c(CCCC(=O)Oc2ccccc2C(=O)O)cccc1C(=O)c1ccc(Cl)cc1. The van der Waals surface area contributed by atoms with E-state index >= 15 is 0 Å². The molecule has 0 aromatic heterocycles. The maximum Gasteiger partial charge on any atom is 0.339 e. The second-order valence-electron chi connectivity index (χ2n) is 7.05. The minimum Gasteiger partial charge on any atom is -0.478 e. The summed E-state index contributed by atoms with van der Waals surface area (Å²) in [5, 5.41) is 9.74. The highest BCUT2D eigenvalue weighted by atomic mass is 35.5. The summed E-state index contributed by atoms with van der Waals surface area (Å²) in [6, 6.07) is 18.3. The van der Waals surface area contributed by atoms with Crippen molar-refractivity contribution >= 4 is 29.3 Å². The van der Waals surface area contributed by atoms with Gasteiger partial charge in [0, 0.05) is 22.6 Å². The van der Waals surface area contributed by atoms with E-state index in [-0.39, 0.29) is 23.5 Å². The minimum absolute atomic E-state index is 0.0340. The fourth-order valence-electron chi connectivity index (χ4n) is 3.29. The molecule has 1 N–H and O–H groups in total. The Kier molecular flexibility index (Phi) is 7.21. The van der Waals surface area contributed by atoms with Gasteiger partial charge in [-0.1, -0.05) is 41.9 Å². The van der Waals surface area contributed by atoms with Crippen LogP contribution in [0.15, 0.2) is 66.7 Å². The molecular weight excluding hydrogens is 416 g/mol. The zero-order valence-electron chi connectivity index (χ0n) is 16.9. The quantitative estimate of drug-likeness (QED) is 0.286. The van der Waals surface area contributed by atoms with Gasteiger partial charge >= 0.3 is 11.9 Å². The predicted octanol–water partition coefficient (Wildman–Crippen LogP) is 5.51. The third-order valence-electron chi connectivity index (χ3n) is 4.97. The number of hydrogen-bond donors (Lipinski definition) is 1. The second-order valence-corrected chi connectivity index (χ2v) is 7.49. The first-order valence-electron chi connectivity index (χ1n) is 9.78. The number of carboxylic acids is 1. The van der Waals surface area contributed by atoms with Gasteiger partial charge in [-0.05, 0) is 67.3 Å². The zero-order chi connectivity index (χ0) is 22.4. The highest BCUT2D eigenvalue weighted by Gasteiger charge is 2.16. The Morgan fingerprint density at radius 2 is 1.58 bits per heavy atom. The number of esters is 1. The molecule has 0 fully saturated rings. The van der Waals surface area contributed by atoms with Crippen molar-refractivity contribution in [3.63, 3.8) is 0 Å². The number of ketones is 1. The molecule has 0 radical (unpaired) electrons. The number of benzene rings is 3. The number of carboxylic acid groups (broad SMARTS) is 1. The van der Waals surface area contributed by atoms with Gasteiger partial charge < -0.3 is 9.84 Å². The number of carbonyl (C=O) groups is 3. The Hall–Kier alpha value is -3.44. The molecule has 3 rings (SSSR count). The summed E-state index contributed by atoms with van der Waals surface area (Å²) >= 11 is 5.90. The largest absolute Gasteiger partial charge is 0.478 e. The van der Waals surface area contributed by atoms with E-state index in [0.29, 0.717) is 29.0 Å². The average molecular weight is 437 g/mol. The summed E-state index contributed by atoms with van der Waals surface area (Å²) in [7, 11) is 0. The lowest BCUT2D eigenvalue weighted by molar-refractivity contribution is -0.134. The highest BCUT2D eigenvalue weighted by molar-refractivity contribution is 6.30. The molecule has 0 aliphatic carbocycles. The number of carbonyl (C=O) groups excluding carboxylic acids is 2. The zero-order valence-corrected chi connectivity index (χ0v) is 17.7. The average Bonchev–Trinajstić information content (AvgIpc) is 2.75. The van der Waals surface area contributed by atoms with Crippen LogP contribution in [0.3, 0.4) is 0 Å². The maximum absolute atomic E-state index is 12.8. The van der Waals surface area contributed by atoms with Crippen LogP contribution in [0.1, 0.15) is 50.2 Å². The van der Waals surface area contributed by atoms with Gasteiger partial charge in [-0.25, -0.2) is 4.79 Å². The monoisotopic (exact) mass is 436 g/mol. The molecule has 0 unspecified atom stereocenters. The molecule has 5 nitrogen and oxygen atoms in total. The van der Waals surface area contributed by atoms with E-state index in [0.717, 1.165) is 11.1 Å². The van der Waals surface area contributed by atoms with Crippen molar-refractivity contribution in [1.82, 2.24) is 0 Å². The molecular formula is C25H21ClO5. The van der Waals surface area contributed by atoms with E-state index in [1.807, 2.05) is 19.1 Å². The number of ether oxygens (including phenoxy) is 1. The highest BCUT2D eigenvalue weighted by Crippen LogP contribution is 2.22. The van der Waals surface area contributed by atoms with E-state index in [1.54, 1.807) is 42.5 Å². The molecule has 0 bridgehead atoms. The van der Waals surface area contributed by atoms with Gasteiger partial charge in [-0.3, -0.25) is 9.59 Å². The third-order valence-corrected chi connectivity index (χ3v) is 5.22. The number of hydrogen-bond acceptors (Lipinski definition) is 4. The van der Waals surface area contributed by atoms with Crippen molar-refractivity contribution in [2.24, 2.45) is 0 Å². The van der Waals surface area contributed by atoms with E-state index in [1.165, 1.54) is 12.1 Å². The van der Waals surface area contributed by atoms with Gasteiger partial charge in [0.15, 0.2) is 5.78 Å². The van der Waals surface area contributed by atoms with Crippen molar-refractivity contribution in [3.8, 4) is 5.75 Å². The van der Waals surface area contributed by atoms with Crippen LogP contribution in [-0.4, -0.2) is 22.8 Å². The second kappa shape index (κ2) is 10.0. The molecule has 6 heteroatoms. The lowest BCUT2D eigenvalue weighted by atomic mass is 9.93. The Balaban J connectivity index is 1.63. The molecule has 0 aliphatic heterocycles. The molecule has 3 aromatic carbocycles. The fraction of sp³-hybridized carbons (Fsp3) is 0.160. The van der Waals surface area contributed by atoms with E-state index in [4.69, 9.17) is 16.3 Å². The number of aryl methyl sites for hydroxylation is 1. The molecule has 3 aromatic rings. The topological polar surface area (TPSA) is 80.7 Å². The van der Waals surface area contributed by atoms with Gasteiger partial charge in [0.05, 0.1) is 0 Å². The van der Waals surface area contributed by atoms with Crippen molar-refractivity contribution in [2.45, 2.75) is 26.2 Å². The summed E-state index contributed by atoms with van der Waals surface area (Å²) in [6.45, 7) is 1.89. The van der Waals surface area contributed by atoms with Crippen LogP contribution in [0.5, 0.6) is 5.75 Å². The first-order valence-corrected chi connectivity index (χ1v) is 10.2. The van der Waals surface area contributed by atoms with E-state index < -0.39 is 11.9 Å². The molecule has 0 aliphatic rings. The predicted molar refractivity (Wildman–Crippen MR) is 118 cm³/mol. The Morgan fingerprint density at radius 3 is 2.29 bits per heavy atom. The first kappa shape index (κ1) is 22.2. The Bertz CT molecular complexity index is 1120. The van der Waals surface area contributed by atoms with Gasteiger partial charge in [0.1, 0.15) is 11.3 Å². The molecule has 158 valence electrons. The van der Waals surface area contributed by atoms with Crippen LogP contribution in [0, 0.1) is 6.92 Å². The van der Waals surface area contributed by atoms with E-state index in [9.17, 15) is 19.5 Å². The smallest absolute Gasteiger partial charge is 0.339 e. The Morgan fingerprint density at radius 1 is 0.903 bits per heavy atom. The molecule has 0 heterocycles. The number of rotatable bonds is 8. The lowest BCUT2D eigenvalue weighted by Crippen LogP contribution is -2.11.